The highest BCUT2D eigenvalue weighted by Gasteiger charge is 2.19. The van der Waals surface area contributed by atoms with Crippen LogP contribution in [0.3, 0.4) is 0 Å². The number of ether oxygens (including phenoxy) is 1. The Kier molecular flexibility index (Phi) is 3.85. The summed E-state index contributed by atoms with van der Waals surface area (Å²) in [5, 5.41) is 4.22. The van der Waals surface area contributed by atoms with Gasteiger partial charge in [-0.25, -0.2) is 0 Å². The summed E-state index contributed by atoms with van der Waals surface area (Å²) in [6, 6.07) is 4.01. The van der Waals surface area contributed by atoms with Gasteiger partial charge in [0.1, 0.15) is 12.0 Å². The Morgan fingerprint density at radius 3 is 2.83 bits per heavy atom. The fourth-order valence-corrected chi connectivity index (χ4v) is 2.21. The topological polar surface area (TPSA) is 47.3 Å². The highest BCUT2D eigenvalue weighted by Crippen LogP contribution is 2.32. The summed E-state index contributed by atoms with van der Waals surface area (Å²) in [5.41, 5.74) is 8.08. The second-order valence-corrected chi connectivity index (χ2v) is 6.26. The maximum absolute atomic E-state index is 6.30. The maximum Gasteiger partial charge on any atom is 0.148 e. The molecule has 18 heavy (non-hydrogen) atoms. The highest BCUT2D eigenvalue weighted by molar-refractivity contribution is 6.31. The second-order valence-electron chi connectivity index (χ2n) is 5.85. The number of nitrogens with one attached hydrogen (secondary N) is 1. The van der Waals surface area contributed by atoms with Gasteiger partial charge in [0.2, 0.25) is 0 Å². The molecule has 2 rings (SSSR count). The van der Waals surface area contributed by atoms with Gasteiger partial charge in [0.15, 0.2) is 0 Å². The molecule has 3 N–H and O–H groups in total. The van der Waals surface area contributed by atoms with E-state index in [0.717, 1.165) is 41.3 Å². The van der Waals surface area contributed by atoms with Crippen LogP contribution in [0.5, 0.6) is 5.75 Å². The van der Waals surface area contributed by atoms with Gasteiger partial charge in [-0.05, 0) is 50.5 Å². The first-order chi connectivity index (χ1) is 8.35. The van der Waals surface area contributed by atoms with Gasteiger partial charge in [0, 0.05) is 23.5 Å². The van der Waals surface area contributed by atoms with E-state index in [1.807, 2.05) is 12.1 Å². The summed E-state index contributed by atoms with van der Waals surface area (Å²) in [7, 11) is 0. The summed E-state index contributed by atoms with van der Waals surface area (Å²) >= 11 is 6.30. The molecule has 1 atom stereocenters. The standard InChI is InChI=1S/C14H21ClN2O/c1-14(2,3)17-8-10-7-12-9(6-11(10)15)4-5-13(16)18-12/h6-7,13,17H,4-5,8,16H2,1-3H3. The van der Waals surface area contributed by atoms with Crippen molar-refractivity contribution in [2.45, 2.75) is 51.9 Å². The van der Waals surface area contributed by atoms with Crippen LogP contribution in [0.2, 0.25) is 5.02 Å². The predicted octanol–water partition coefficient (Wildman–Crippen LogP) is 2.84. The Morgan fingerprint density at radius 2 is 2.17 bits per heavy atom. The van der Waals surface area contributed by atoms with E-state index < -0.39 is 0 Å². The number of hydrogen-bond acceptors (Lipinski definition) is 3. The number of halogens is 1. The van der Waals surface area contributed by atoms with Gasteiger partial charge in [-0.3, -0.25) is 5.73 Å². The van der Waals surface area contributed by atoms with Crippen molar-refractivity contribution in [1.82, 2.24) is 5.32 Å². The van der Waals surface area contributed by atoms with Crippen LogP contribution in [0, 0.1) is 0 Å². The Bertz CT molecular complexity index is 440. The molecular formula is C14H21ClN2O. The molecule has 0 radical (unpaired) electrons. The molecule has 0 fully saturated rings. The summed E-state index contributed by atoms with van der Waals surface area (Å²) < 4.78 is 5.65. The van der Waals surface area contributed by atoms with Crippen LogP contribution in [-0.4, -0.2) is 11.8 Å². The van der Waals surface area contributed by atoms with Gasteiger partial charge in [-0.2, -0.15) is 0 Å². The van der Waals surface area contributed by atoms with Crippen LogP contribution in [0.15, 0.2) is 12.1 Å². The van der Waals surface area contributed by atoms with Crippen LogP contribution in [-0.2, 0) is 13.0 Å². The summed E-state index contributed by atoms with van der Waals surface area (Å²) in [4.78, 5) is 0. The fourth-order valence-electron chi connectivity index (χ4n) is 1.96. The average molecular weight is 269 g/mol. The molecule has 100 valence electrons. The van der Waals surface area contributed by atoms with E-state index in [0.29, 0.717) is 0 Å². The van der Waals surface area contributed by atoms with Crippen molar-refractivity contribution in [3.05, 3.63) is 28.3 Å². The lowest BCUT2D eigenvalue weighted by Gasteiger charge is -2.25. The SMILES string of the molecule is CC(C)(C)NCc1cc2c(cc1Cl)CCC(N)O2. The van der Waals surface area contributed by atoms with E-state index in [4.69, 9.17) is 22.1 Å². The minimum atomic E-state index is -0.192. The summed E-state index contributed by atoms with van der Waals surface area (Å²) in [6.07, 6.45) is 1.59. The number of fused-ring (bicyclic) bond motifs is 1. The molecular weight excluding hydrogens is 248 g/mol. The predicted molar refractivity (Wildman–Crippen MR) is 75.0 cm³/mol. The highest BCUT2D eigenvalue weighted by atomic mass is 35.5. The molecule has 0 aliphatic carbocycles. The Hall–Kier alpha value is -0.770. The molecule has 0 amide bonds. The lowest BCUT2D eigenvalue weighted by atomic mass is 10.0. The molecule has 1 aromatic carbocycles. The van der Waals surface area contributed by atoms with Gasteiger partial charge in [-0.15, -0.1) is 0 Å². The van der Waals surface area contributed by atoms with Crippen molar-refractivity contribution in [3.8, 4) is 5.75 Å². The van der Waals surface area contributed by atoms with E-state index in [9.17, 15) is 0 Å². The molecule has 0 aromatic heterocycles. The number of hydrogen-bond donors (Lipinski definition) is 2. The molecule has 1 unspecified atom stereocenters. The molecule has 1 aliphatic heterocycles. The van der Waals surface area contributed by atoms with Crippen LogP contribution in [0.4, 0.5) is 0 Å². The number of rotatable bonds is 2. The Morgan fingerprint density at radius 1 is 1.44 bits per heavy atom. The van der Waals surface area contributed by atoms with Crippen molar-refractivity contribution in [3.63, 3.8) is 0 Å². The number of aryl methyl sites for hydroxylation is 1. The van der Waals surface area contributed by atoms with Gasteiger partial charge in [-0.1, -0.05) is 11.6 Å². The lowest BCUT2D eigenvalue weighted by molar-refractivity contribution is 0.180. The van der Waals surface area contributed by atoms with E-state index in [-0.39, 0.29) is 11.8 Å². The first-order valence-electron chi connectivity index (χ1n) is 6.34. The smallest absolute Gasteiger partial charge is 0.148 e. The molecule has 0 spiro atoms. The van der Waals surface area contributed by atoms with Crippen molar-refractivity contribution >= 4 is 11.6 Å². The van der Waals surface area contributed by atoms with E-state index in [1.165, 1.54) is 0 Å². The first-order valence-corrected chi connectivity index (χ1v) is 6.71. The third kappa shape index (κ3) is 3.37. The Labute approximate surface area is 114 Å². The quantitative estimate of drug-likeness (QED) is 0.867. The van der Waals surface area contributed by atoms with Gasteiger partial charge in [0.05, 0.1) is 0 Å². The largest absolute Gasteiger partial charge is 0.475 e. The minimum absolute atomic E-state index is 0.0660. The molecule has 0 bridgehead atoms. The van der Waals surface area contributed by atoms with Gasteiger partial charge in [0.25, 0.3) is 0 Å². The van der Waals surface area contributed by atoms with Crippen molar-refractivity contribution < 1.29 is 4.74 Å². The van der Waals surface area contributed by atoms with E-state index in [2.05, 4.69) is 26.1 Å². The molecule has 1 aromatic rings. The minimum Gasteiger partial charge on any atom is -0.475 e. The summed E-state index contributed by atoms with van der Waals surface area (Å²) in [6.45, 7) is 7.12. The molecule has 0 saturated carbocycles. The zero-order chi connectivity index (χ0) is 13.3. The van der Waals surface area contributed by atoms with Gasteiger partial charge >= 0.3 is 0 Å². The average Bonchev–Trinajstić information content (AvgIpc) is 2.26. The Balaban J connectivity index is 2.19. The number of benzene rings is 1. The first kappa shape index (κ1) is 13.7. The molecule has 3 nitrogen and oxygen atoms in total. The third-order valence-electron chi connectivity index (χ3n) is 3.02. The molecule has 1 aliphatic rings. The maximum atomic E-state index is 6.30. The fraction of sp³-hybridized carbons (Fsp3) is 0.571. The van der Waals surface area contributed by atoms with Crippen molar-refractivity contribution in [1.29, 1.82) is 0 Å². The zero-order valence-corrected chi connectivity index (χ0v) is 12.0. The second kappa shape index (κ2) is 5.08. The van der Waals surface area contributed by atoms with Crippen LogP contribution < -0.4 is 15.8 Å². The molecule has 4 heteroatoms. The monoisotopic (exact) mass is 268 g/mol. The van der Waals surface area contributed by atoms with Crippen molar-refractivity contribution in [2.75, 3.05) is 0 Å². The lowest BCUT2D eigenvalue weighted by Crippen LogP contribution is -2.35. The van der Waals surface area contributed by atoms with E-state index >= 15 is 0 Å². The summed E-state index contributed by atoms with van der Waals surface area (Å²) in [5.74, 6) is 0.879. The zero-order valence-electron chi connectivity index (χ0n) is 11.2. The van der Waals surface area contributed by atoms with Crippen LogP contribution >= 0.6 is 11.6 Å². The van der Waals surface area contributed by atoms with Crippen molar-refractivity contribution in [2.24, 2.45) is 5.73 Å². The molecule has 0 saturated heterocycles. The number of nitrogens with two attached hydrogens (primary N) is 1. The van der Waals surface area contributed by atoms with Gasteiger partial charge < -0.3 is 10.1 Å². The van der Waals surface area contributed by atoms with E-state index in [1.54, 1.807) is 0 Å². The third-order valence-corrected chi connectivity index (χ3v) is 3.37. The normalized spacial score (nSPS) is 19.3. The van der Waals surface area contributed by atoms with Crippen LogP contribution in [0.25, 0.3) is 0 Å². The van der Waals surface area contributed by atoms with Crippen LogP contribution in [0.1, 0.15) is 38.3 Å². The molecule has 1 heterocycles.